The molecule has 4 heteroatoms. The minimum absolute atomic E-state index is 0.0606. The highest BCUT2D eigenvalue weighted by molar-refractivity contribution is 9.10. The van der Waals surface area contributed by atoms with E-state index in [1.165, 1.54) is 5.56 Å². The smallest absolute Gasteiger partial charge is 0.228 e. The first-order valence-electron chi connectivity index (χ1n) is 7.59. The van der Waals surface area contributed by atoms with Crippen LogP contribution in [0.5, 0.6) is 0 Å². The molecule has 2 aromatic carbocycles. The maximum Gasteiger partial charge on any atom is 0.228 e. The van der Waals surface area contributed by atoms with Gasteiger partial charge in [-0.3, -0.25) is 4.79 Å². The Bertz CT molecular complexity index is 851. The molecule has 0 saturated heterocycles. The largest absolute Gasteiger partial charge is 0.464 e. The number of fused-ring (bicyclic) bond motifs is 1. The first-order chi connectivity index (χ1) is 11.0. The molecule has 3 aromatic rings. The number of furan rings is 1. The zero-order valence-electron chi connectivity index (χ0n) is 13.1. The van der Waals surface area contributed by atoms with Crippen LogP contribution in [0.25, 0.3) is 11.0 Å². The molecule has 1 aromatic heterocycles. The van der Waals surface area contributed by atoms with Gasteiger partial charge in [0.2, 0.25) is 5.91 Å². The maximum atomic E-state index is 12.3. The number of benzene rings is 2. The molecule has 3 nitrogen and oxygen atoms in total. The van der Waals surface area contributed by atoms with Crippen molar-refractivity contribution in [3.8, 4) is 0 Å². The SMILES string of the molecule is CC(C)c1ccc2occ(CC(=O)Nc3ccccc3Br)c2c1. The van der Waals surface area contributed by atoms with Crippen LogP contribution in [0.4, 0.5) is 5.69 Å². The highest BCUT2D eigenvalue weighted by Crippen LogP contribution is 2.27. The molecule has 3 rings (SSSR count). The predicted octanol–water partition coefficient (Wildman–Crippen LogP) is 5.50. The summed E-state index contributed by atoms with van der Waals surface area (Å²) in [6.07, 6.45) is 1.96. The Morgan fingerprint density at radius 3 is 2.74 bits per heavy atom. The van der Waals surface area contributed by atoms with Crippen LogP contribution in [0, 0.1) is 0 Å². The monoisotopic (exact) mass is 371 g/mol. The normalized spacial score (nSPS) is 11.1. The highest BCUT2D eigenvalue weighted by Gasteiger charge is 2.13. The molecule has 0 bridgehead atoms. The lowest BCUT2D eigenvalue weighted by Gasteiger charge is -2.07. The summed E-state index contributed by atoms with van der Waals surface area (Å²) >= 11 is 3.43. The number of carbonyl (C=O) groups is 1. The number of rotatable bonds is 4. The molecule has 1 N–H and O–H groups in total. The van der Waals surface area contributed by atoms with Gasteiger partial charge in [0.1, 0.15) is 5.58 Å². The van der Waals surface area contributed by atoms with E-state index in [-0.39, 0.29) is 12.3 Å². The van der Waals surface area contributed by atoms with E-state index in [0.29, 0.717) is 5.92 Å². The van der Waals surface area contributed by atoms with E-state index in [1.807, 2.05) is 30.3 Å². The van der Waals surface area contributed by atoms with Gasteiger partial charge in [-0.05, 0) is 51.7 Å². The summed E-state index contributed by atoms with van der Waals surface area (Å²) in [5.41, 5.74) is 3.74. The highest BCUT2D eigenvalue weighted by atomic mass is 79.9. The second-order valence-electron chi connectivity index (χ2n) is 5.88. The van der Waals surface area contributed by atoms with Crippen molar-refractivity contribution in [3.63, 3.8) is 0 Å². The average Bonchev–Trinajstić information content (AvgIpc) is 2.92. The zero-order valence-corrected chi connectivity index (χ0v) is 14.7. The molecule has 1 heterocycles. The van der Waals surface area contributed by atoms with Gasteiger partial charge in [-0.2, -0.15) is 0 Å². The third-order valence-corrected chi connectivity index (χ3v) is 4.53. The number of anilines is 1. The van der Waals surface area contributed by atoms with Gasteiger partial charge in [0, 0.05) is 15.4 Å². The van der Waals surface area contributed by atoms with Crippen LogP contribution >= 0.6 is 15.9 Å². The summed E-state index contributed by atoms with van der Waals surface area (Å²) in [4.78, 5) is 12.3. The van der Waals surface area contributed by atoms with Gasteiger partial charge in [0.15, 0.2) is 0 Å². The van der Waals surface area contributed by atoms with Crippen molar-refractivity contribution in [1.29, 1.82) is 0 Å². The molecule has 0 aliphatic heterocycles. The van der Waals surface area contributed by atoms with Gasteiger partial charge in [0.05, 0.1) is 18.4 Å². The van der Waals surface area contributed by atoms with Crippen molar-refractivity contribution in [2.45, 2.75) is 26.2 Å². The first kappa shape index (κ1) is 15.8. The number of halogens is 1. The standard InChI is InChI=1S/C19H18BrNO2/c1-12(2)13-7-8-18-15(9-13)14(11-23-18)10-19(22)21-17-6-4-3-5-16(17)20/h3-9,11-12H,10H2,1-2H3,(H,21,22). The minimum Gasteiger partial charge on any atom is -0.464 e. The third-order valence-electron chi connectivity index (χ3n) is 3.84. The Morgan fingerprint density at radius 2 is 2.00 bits per heavy atom. The van der Waals surface area contributed by atoms with Crippen molar-refractivity contribution in [3.05, 3.63) is 64.3 Å². The molecule has 0 aliphatic carbocycles. The molecule has 118 valence electrons. The summed E-state index contributed by atoms with van der Waals surface area (Å²) < 4.78 is 6.44. The van der Waals surface area contributed by atoms with Crippen LogP contribution < -0.4 is 5.32 Å². The quantitative estimate of drug-likeness (QED) is 0.657. The van der Waals surface area contributed by atoms with Crippen LogP contribution in [-0.2, 0) is 11.2 Å². The molecule has 0 atom stereocenters. The number of hydrogen-bond donors (Lipinski definition) is 1. The lowest BCUT2D eigenvalue weighted by molar-refractivity contribution is -0.115. The van der Waals surface area contributed by atoms with Crippen molar-refractivity contribution < 1.29 is 9.21 Å². The topological polar surface area (TPSA) is 42.2 Å². The molecule has 0 fully saturated rings. The van der Waals surface area contributed by atoms with E-state index in [9.17, 15) is 4.79 Å². The van der Waals surface area contributed by atoms with E-state index >= 15 is 0 Å². The third kappa shape index (κ3) is 3.48. The number of nitrogens with one attached hydrogen (secondary N) is 1. The number of carbonyl (C=O) groups excluding carboxylic acids is 1. The van der Waals surface area contributed by atoms with Crippen molar-refractivity contribution in [2.24, 2.45) is 0 Å². The lowest BCUT2D eigenvalue weighted by atomic mass is 10.00. The van der Waals surface area contributed by atoms with Gasteiger partial charge < -0.3 is 9.73 Å². The maximum absolute atomic E-state index is 12.3. The minimum atomic E-state index is -0.0606. The summed E-state index contributed by atoms with van der Waals surface area (Å²) in [6.45, 7) is 4.31. The zero-order chi connectivity index (χ0) is 16.4. The molecular weight excluding hydrogens is 354 g/mol. The summed E-state index contributed by atoms with van der Waals surface area (Å²) in [5, 5.41) is 3.94. The van der Waals surface area contributed by atoms with Gasteiger partial charge in [-0.25, -0.2) is 0 Å². The summed E-state index contributed by atoms with van der Waals surface area (Å²) in [5.74, 6) is 0.380. The second kappa shape index (κ2) is 6.59. The van der Waals surface area contributed by atoms with Crippen LogP contribution in [0.1, 0.15) is 30.9 Å². The number of para-hydroxylation sites is 1. The molecule has 0 spiro atoms. The fourth-order valence-electron chi connectivity index (χ4n) is 2.53. The Morgan fingerprint density at radius 1 is 1.22 bits per heavy atom. The van der Waals surface area contributed by atoms with Gasteiger partial charge in [0.25, 0.3) is 0 Å². The molecule has 23 heavy (non-hydrogen) atoms. The number of hydrogen-bond acceptors (Lipinski definition) is 2. The molecule has 1 amide bonds. The van der Waals surface area contributed by atoms with Crippen molar-refractivity contribution in [2.75, 3.05) is 5.32 Å². The van der Waals surface area contributed by atoms with Gasteiger partial charge >= 0.3 is 0 Å². The Labute approximate surface area is 143 Å². The molecule has 0 aliphatic rings. The molecular formula is C19H18BrNO2. The van der Waals surface area contributed by atoms with E-state index in [4.69, 9.17) is 4.42 Å². The van der Waals surface area contributed by atoms with Crippen LogP contribution in [0.2, 0.25) is 0 Å². The Balaban J connectivity index is 1.82. The number of amides is 1. The molecule has 0 saturated carbocycles. The van der Waals surface area contributed by atoms with Crippen molar-refractivity contribution in [1.82, 2.24) is 0 Å². The summed E-state index contributed by atoms with van der Waals surface area (Å²) in [6, 6.07) is 13.7. The average molecular weight is 372 g/mol. The first-order valence-corrected chi connectivity index (χ1v) is 8.38. The molecule has 0 radical (unpaired) electrons. The second-order valence-corrected chi connectivity index (χ2v) is 6.73. The Hall–Kier alpha value is -2.07. The van der Waals surface area contributed by atoms with Crippen LogP contribution in [0.3, 0.4) is 0 Å². The van der Waals surface area contributed by atoms with E-state index in [1.54, 1.807) is 6.26 Å². The van der Waals surface area contributed by atoms with E-state index in [2.05, 4.69) is 47.2 Å². The van der Waals surface area contributed by atoms with Crippen LogP contribution in [-0.4, -0.2) is 5.91 Å². The van der Waals surface area contributed by atoms with Gasteiger partial charge in [-0.15, -0.1) is 0 Å². The fourth-order valence-corrected chi connectivity index (χ4v) is 2.91. The van der Waals surface area contributed by atoms with Crippen molar-refractivity contribution >= 4 is 38.5 Å². The predicted molar refractivity (Wildman–Crippen MR) is 96.8 cm³/mol. The fraction of sp³-hybridized carbons (Fsp3) is 0.211. The van der Waals surface area contributed by atoms with E-state index in [0.717, 1.165) is 26.7 Å². The lowest BCUT2D eigenvalue weighted by Crippen LogP contribution is -2.14. The van der Waals surface area contributed by atoms with Gasteiger partial charge in [-0.1, -0.05) is 32.0 Å². The molecule has 0 unspecified atom stereocenters. The Kier molecular flexibility index (Phi) is 4.53. The summed E-state index contributed by atoms with van der Waals surface area (Å²) in [7, 11) is 0. The van der Waals surface area contributed by atoms with Crippen LogP contribution in [0.15, 0.2) is 57.6 Å². The van der Waals surface area contributed by atoms with E-state index < -0.39 is 0 Å².